The van der Waals surface area contributed by atoms with Gasteiger partial charge in [0.25, 0.3) is 0 Å². The Balaban J connectivity index is 1.76. The van der Waals surface area contributed by atoms with Crippen molar-refractivity contribution in [1.29, 1.82) is 5.26 Å². The average Bonchev–Trinajstić information content (AvgIpc) is 2.82. The number of nitrogens with zero attached hydrogens (tertiary/aromatic N) is 1. The molecule has 0 aromatic rings. The van der Waals surface area contributed by atoms with Crippen LogP contribution in [0.5, 0.6) is 0 Å². The van der Waals surface area contributed by atoms with Crippen LogP contribution in [0.3, 0.4) is 0 Å². The molecule has 3 aliphatic carbocycles. The largest absolute Gasteiger partial charge is 0.350 e. The third-order valence-corrected chi connectivity index (χ3v) is 8.45. The number of fused-ring (bicyclic) bond motifs is 5. The fourth-order valence-electron chi connectivity index (χ4n) is 7.12. The van der Waals surface area contributed by atoms with Crippen molar-refractivity contribution < 1.29 is 14.3 Å². The van der Waals surface area contributed by atoms with E-state index in [-0.39, 0.29) is 22.9 Å². The van der Waals surface area contributed by atoms with Gasteiger partial charge in [0.15, 0.2) is 5.79 Å². The van der Waals surface area contributed by atoms with Gasteiger partial charge in [-0.3, -0.25) is 4.79 Å². The molecule has 138 valence electrons. The van der Waals surface area contributed by atoms with E-state index in [1.54, 1.807) is 0 Å². The van der Waals surface area contributed by atoms with Crippen LogP contribution in [0.2, 0.25) is 0 Å². The molecule has 0 bridgehead atoms. The first-order valence-corrected chi connectivity index (χ1v) is 9.94. The molecule has 0 N–H and O–H groups in total. The molecule has 0 aromatic heterocycles. The molecule has 0 radical (unpaired) electrons. The number of rotatable bonds is 0. The highest BCUT2D eigenvalue weighted by molar-refractivity contribution is 5.85. The Morgan fingerprint density at radius 3 is 2.56 bits per heavy atom. The number of nitriles is 1. The highest BCUT2D eigenvalue weighted by atomic mass is 16.7. The van der Waals surface area contributed by atoms with E-state index in [1.165, 1.54) is 0 Å². The average molecular weight is 345 g/mol. The minimum Gasteiger partial charge on any atom is -0.350 e. The van der Waals surface area contributed by atoms with Gasteiger partial charge in [-0.1, -0.05) is 13.8 Å². The van der Waals surface area contributed by atoms with Crippen LogP contribution in [0.4, 0.5) is 0 Å². The lowest BCUT2D eigenvalue weighted by molar-refractivity contribution is -0.258. The van der Waals surface area contributed by atoms with Gasteiger partial charge in [0.1, 0.15) is 5.78 Å². The Morgan fingerprint density at radius 1 is 1.08 bits per heavy atom. The number of Topliss-reactive ketones (excluding diaryl/α,β-unsaturated/α-hetero) is 1. The Bertz CT molecular complexity index is 638. The van der Waals surface area contributed by atoms with Crippen LogP contribution in [0.25, 0.3) is 0 Å². The van der Waals surface area contributed by atoms with Gasteiger partial charge in [0.2, 0.25) is 0 Å². The summed E-state index contributed by atoms with van der Waals surface area (Å²) in [4.78, 5) is 12.5. The van der Waals surface area contributed by atoms with Crippen molar-refractivity contribution in [2.45, 2.75) is 84.5 Å². The maximum Gasteiger partial charge on any atom is 0.163 e. The smallest absolute Gasteiger partial charge is 0.163 e. The van der Waals surface area contributed by atoms with Gasteiger partial charge < -0.3 is 9.47 Å². The second kappa shape index (κ2) is 5.30. The standard InChI is InChI=1S/C21H31NO3/c1-18(2)24-12-11-19(3)16-6-5-14-15(23)7-10-21(14,13-22)20(16,4)9-8-17(19)25-18/h14,16-17H,5-12H2,1-4H3/t14-,16-,17-,19-,20-,21+/m1/s1. The first kappa shape index (κ1) is 17.5. The molecule has 4 heteroatoms. The second-order valence-corrected chi connectivity index (χ2v) is 9.80. The maximum absolute atomic E-state index is 12.5. The third kappa shape index (κ3) is 2.15. The van der Waals surface area contributed by atoms with Crippen molar-refractivity contribution in [3.8, 4) is 6.07 Å². The van der Waals surface area contributed by atoms with E-state index in [4.69, 9.17) is 9.47 Å². The molecule has 25 heavy (non-hydrogen) atoms. The van der Waals surface area contributed by atoms with Crippen molar-refractivity contribution in [3.05, 3.63) is 0 Å². The molecular formula is C21H31NO3. The van der Waals surface area contributed by atoms with Crippen molar-refractivity contribution >= 4 is 5.78 Å². The van der Waals surface area contributed by atoms with Crippen LogP contribution in [0.1, 0.15) is 72.6 Å². The minimum atomic E-state index is -0.538. The fourth-order valence-corrected chi connectivity index (χ4v) is 7.12. The second-order valence-electron chi connectivity index (χ2n) is 9.80. The fraction of sp³-hybridized carbons (Fsp3) is 0.905. The number of carbonyl (C=O) groups is 1. The summed E-state index contributed by atoms with van der Waals surface area (Å²) < 4.78 is 12.4. The molecule has 4 nitrogen and oxygen atoms in total. The first-order chi connectivity index (χ1) is 11.7. The van der Waals surface area contributed by atoms with Gasteiger partial charge in [0.05, 0.1) is 24.2 Å². The predicted molar refractivity (Wildman–Crippen MR) is 93.5 cm³/mol. The van der Waals surface area contributed by atoms with Crippen LogP contribution in [0.15, 0.2) is 0 Å². The zero-order valence-corrected chi connectivity index (χ0v) is 16.1. The van der Waals surface area contributed by atoms with E-state index in [0.29, 0.717) is 24.7 Å². The minimum absolute atomic E-state index is 0.0151. The normalized spacial score (nSPS) is 51.6. The number of hydrogen-bond acceptors (Lipinski definition) is 4. The molecule has 0 unspecified atom stereocenters. The number of carbonyl (C=O) groups excluding carboxylic acids is 1. The molecule has 0 amide bonds. The summed E-state index contributed by atoms with van der Waals surface area (Å²) >= 11 is 0. The van der Waals surface area contributed by atoms with Gasteiger partial charge in [-0.15, -0.1) is 0 Å². The first-order valence-electron chi connectivity index (χ1n) is 9.94. The summed E-state index contributed by atoms with van der Waals surface area (Å²) in [5.41, 5.74) is -0.551. The van der Waals surface area contributed by atoms with E-state index in [1.807, 2.05) is 13.8 Å². The van der Waals surface area contributed by atoms with Gasteiger partial charge >= 0.3 is 0 Å². The van der Waals surface area contributed by atoms with Crippen LogP contribution in [-0.2, 0) is 14.3 Å². The summed E-state index contributed by atoms with van der Waals surface area (Å²) in [7, 11) is 0. The lowest BCUT2D eigenvalue weighted by atomic mass is 9.40. The topological polar surface area (TPSA) is 59.3 Å². The summed E-state index contributed by atoms with van der Waals surface area (Å²) in [6, 6.07) is 2.70. The summed E-state index contributed by atoms with van der Waals surface area (Å²) in [6.45, 7) is 9.39. The zero-order chi connectivity index (χ0) is 18.1. The predicted octanol–water partition coefficient (Wildman–Crippen LogP) is 4.23. The summed E-state index contributed by atoms with van der Waals surface area (Å²) in [5, 5.41) is 10.2. The van der Waals surface area contributed by atoms with Gasteiger partial charge in [-0.2, -0.15) is 5.26 Å². The van der Waals surface area contributed by atoms with Gasteiger partial charge in [-0.25, -0.2) is 0 Å². The zero-order valence-electron chi connectivity index (χ0n) is 16.1. The molecule has 4 rings (SSSR count). The van der Waals surface area contributed by atoms with E-state index >= 15 is 0 Å². The van der Waals surface area contributed by atoms with Crippen molar-refractivity contribution in [2.75, 3.05) is 6.61 Å². The van der Waals surface area contributed by atoms with Crippen molar-refractivity contribution in [2.24, 2.45) is 28.1 Å². The molecule has 1 aliphatic heterocycles. The molecule has 1 heterocycles. The van der Waals surface area contributed by atoms with Crippen LogP contribution in [-0.4, -0.2) is 24.3 Å². The van der Waals surface area contributed by atoms with Crippen LogP contribution < -0.4 is 0 Å². The molecule has 4 fully saturated rings. The van der Waals surface area contributed by atoms with Crippen molar-refractivity contribution in [3.63, 3.8) is 0 Å². The quantitative estimate of drug-likeness (QED) is 0.659. The Morgan fingerprint density at radius 2 is 1.84 bits per heavy atom. The molecule has 6 atom stereocenters. The number of ketones is 1. The molecule has 4 aliphatic rings. The number of hydrogen-bond donors (Lipinski definition) is 0. The van der Waals surface area contributed by atoms with E-state index < -0.39 is 11.2 Å². The Labute approximate surface area is 151 Å². The lowest BCUT2D eigenvalue weighted by Gasteiger charge is -2.63. The van der Waals surface area contributed by atoms with Crippen LogP contribution >= 0.6 is 0 Å². The molecule has 0 spiro atoms. The highest BCUT2D eigenvalue weighted by Gasteiger charge is 2.69. The maximum atomic E-state index is 12.5. The Hall–Kier alpha value is -0.920. The molecular weight excluding hydrogens is 314 g/mol. The molecule has 3 saturated carbocycles. The third-order valence-electron chi connectivity index (χ3n) is 8.45. The number of ether oxygens (including phenoxy) is 2. The van der Waals surface area contributed by atoms with Crippen LogP contribution in [0, 0.1) is 39.4 Å². The van der Waals surface area contributed by atoms with E-state index in [0.717, 1.165) is 38.5 Å². The van der Waals surface area contributed by atoms with Crippen molar-refractivity contribution in [1.82, 2.24) is 0 Å². The highest BCUT2D eigenvalue weighted by Crippen LogP contribution is 2.70. The van der Waals surface area contributed by atoms with Gasteiger partial charge in [0, 0.05) is 12.3 Å². The monoisotopic (exact) mass is 345 g/mol. The lowest BCUT2D eigenvalue weighted by Crippen LogP contribution is -2.61. The van der Waals surface area contributed by atoms with E-state index in [2.05, 4.69) is 19.9 Å². The SMILES string of the molecule is CC1(C)OCC[C@]2(C)[C@H]3CC[C@@H]4C(=O)CC[C@@]4(C#N)[C@]3(C)CC[C@H]2O1. The summed E-state index contributed by atoms with van der Waals surface area (Å²) in [6.07, 6.45) is 6.34. The van der Waals surface area contributed by atoms with Gasteiger partial charge in [-0.05, 0) is 69.1 Å². The Kier molecular flexibility index (Phi) is 3.71. The van der Waals surface area contributed by atoms with E-state index in [9.17, 15) is 10.1 Å². The molecule has 1 saturated heterocycles. The summed E-state index contributed by atoms with van der Waals surface area (Å²) in [5.74, 6) is 0.162. The molecule has 0 aromatic carbocycles.